The van der Waals surface area contributed by atoms with Crippen molar-refractivity contribution < 1.29 is 9.53 Å². The van der Waals surface area contributed by atoms with Crippen molar-refractivity contribution in [3.05, 3.63) is 63.9 Å². The monoisotopic (exact) mass is 442 g/mol. The molecule has 6 nitrogen and oxygen atoms in total. The Labute approximate surface area is 185 Å². The number of likely N-dealkylation sites (tertiary alicyclic amines) is 1. The number of H-pyrrole nitrogens is 1. The number of hydrogen-bond acceptors (Lipinski definition) is 5. The van der Waals surface area contributed by atoms with Gasteiger partial charge in [-0.1, -0.05) is 41.9 Å². The number of nitrogens with one attached hydrogen (secondary N) is 1. The van der Waals surface area contributed by atoms with Gasteiger partial charge in [-0.25, -0.2) is 4.68 Å². The number of Topliss-reactive ketones (excluding diaryl/α,β-unsaturated/α-hetero) is 1. The van der Waals surface area contributed by atoms with Gasteiger partial charge in [0.15, 0.2) is 11.6 Å². The van der Waals surface area contributed by atoms with Gasteiger partial charge in [0, 0.05) is 29.6 Å². The molecule has 3 aromatic rings. The van der Waals surface area contributed by atoms with E-state index in [4.69, 9.17) is 28.6 Å². The molecule has 1 N–H and O–H groups in total. The van der Waals surface area contributed by atoms with Crippen molar-refractivity contribution in [3.63, 3.8) is 0 Å². The topological polar surface area (TPSA) is 63.1 Å². The van der Waals surface area contributed by atoms with Gasteiger partial charge in [0.2, 0.25) is 4.77 Å². The molecular weight excluding hydrogens is 420 g/mol. The highest BCUT2D eigenvalue weighted by Gasteiger charge is 2.26. The average molecular weight is 443 g/mol. The number of rotatable bonds is 6. The second-order valence-electron chi connectivity index (χ2n) is 7.39. The SMILES string of the molecule is COc1ccc(Cl)cc1-c1nc(=S)n(CN2CCC(C(=O)c3ccccc3)CC2)[nH]1. The van der Waals surface area contributed by atoms with Crippen LogP contribution in [0, 0.1) is 10.7 Å². The standard InChI is InChI=1S/C22H23ClN4O2S/c1-29-19-8-7-17(23)13-18(19)21-24-22(30)27(25-21)14-26-11-9-16(10-12-26)20(28)15-5-3-2-4-6-15/h2-8,13,16H,9-12,14H2,1H3,(H,24,25,30). The molecule has 0 aliphatic carbocycles. The molecular formula is C22H23ClN4O2S. The molecule has 2 aromatic carbocycles. The normalized spacial score (nSPS) is 15.3. The van der Waals surface area contributed by atoms with Gasteiger partial charge < -0.3 is 4.74 Å². The second kappa shape index (κ2) is 9.12. The Bertz CT molecular complexity index is 1090. The summed E-state index contributed by atoms with van der Waals surface area (Å²) in [5.74, 6) is 1.61. The van der Waals surface area contributed by atoms with Crippen molar-refractivity contribution in [2.24, 2.45) is 5.92 Å². The lowest BCUT2D eigenvalue weighted by atomic mass is 9.89. The van der Waals surface area contributed by atoms with E-state index in [1.54, 1.807) is 19.2 Å². The summed E-state index contributed by atoms with van der Waals surface area (Å²) < 4.78 is 7.73. The third-order valence-electron chi connectivity index (χ3n) is 5.45. The Balaban J connectivity index is 1.42. The fourth-order valence-electron chi connectivity index (χ4n) is 3.81. The predicted molar refractivity (Wildman–Crippen MR) is 119 cm³/mol. The minimum Gasteiger partial charge on any atom is -0.496 e. The van der Waals surface area contributed by atoms with E-state index >= 15 is 0 Å². The van der Waals surface area contributed by atoms with E-state index < -0.39 is 0 Å². The summed E-state index contributed by atoms with van der Waals surface area (Å²) in [7, 11) is 1.61. The number of ether oxygens (including phenoxy) is 1. The lowest BCUT2D eigenvalue weighted by Gasteiger charge is -2.31. The van der Waals surface area contributed by atoms with E-state index in [0.717, 1.165) is 37.1 Å². The number of hydrogen-bond donors (Lipinski definition) is 1. The van der Waals surface area contributed by atoms with Crippen LogP contribution >= 0.6 is 23.8 Å². The predicted octanol–water partition coefficient (Wildman–Crippen LogP) is 4.82. The van der Waals surface area contributed by atoms with Crippen LogP contribution in [-0.2, 0) is 6.67 Å². The van der Waals surface area contributed by atoms with Crippen LogP contribution in [0.5, 0.6) is 5.75 Å². The molecule has 0 spiro atoms. The van der Waals surface area contributed by atoms with Gasteiger partial charge in [-0.2, -0.15) is 4.98 Å². The Morgan fingerprint density at radius 1 is 1.23 bits per heavy atom. The van der Waals surface area contributed by atoms with E-state index in [0.29, 0.717) is 28.0 Å². The number of aromatic amines is 1. The quantitative estimate of drug-likeness (QED) is 0.438. The number of benzene rings is 2. The van der Waals surface area contributed by atoms with E-state index in [9.17, 15) is 4.79 Å². The fourth-order valence-corrected chi connectivity index (χ4v) is 4.18. The Kier molecular flexibility index (Phi) is 6.32. The average Bonchev–Trinajstić information content (AvgIpc) is 3.14. The molecule has 1 aliphatic heterocycles. The van der Waals surface area contributed by atoms with Crippen molar-refractivity contribution >= 4 is 29.6 Å². The Morgan fingerprint density at radius 2 is 1.97 bits per heavy atom. The number of methoxy groups -OCH3 is 1. The van der Waals surface area contributed by atoms with Gasteiger partial charge in [-0.05, 0) is 43.3 Å². The third kappa shape index (κ3) is 4.48. The molecule has 0 saturated carbocycles. The first-order valence-corrected chi connectivity index (χ1v) is 10.7. The Hall–Kier alpha value is -2.48. The molecule has 0 radical (unpaired) electrons. The van der Waals surface area contributed by atoms with Crippen LogP contribution in [0.15, 0.2) is 48.5 Å². The molecule has 0 bridgehead atoms. The van der Waals surface area contributed by atoms with Crippen LogP contribution in [0.4, 0.5) is 0 Å². The molecule has 0 unspecified atom stereocenters. The highest BCUT2D eigenvalue weighted by molar-refractivity contribution is 7.71. The van der Waals surface area contributed by atoms with Crippen LogP contribution in [0.3, 0.4) is 0 Å². The zero-order chi connectivity index (χ0) is 21.1. The lowest BCUT2D eigenvalue weighted by Crippen LogP contribution is -2.37. The maximum atomic E-state index is 12.7. The summed E-state index contributed by atoms with van der Waals surface area (Å²) >= 11 is 11.6. The van der Waals surface area contributed by atoms with E-state index in [2.05, 4.69) is 15.0 Å². The molecule has 1 aromatic heterocycles. The Morgan fingerprint density at radius 3 is 2.67 bits per heavy atom. The molecule has 2 heterocycles. The third-order valence-corrected chi connectivity index (χ3v) is 6.00. The zero-order valence-electron chi connectivity index (χ0n) is 16.7. The number of carbonyl (C=O) groups excluding carboxylic acids is 1. The van der Waals surface area contributed by atoms with Crippen molar-refractivity contribution in [3.8, 4) is 17.1 Å². The summed E-state index contributed by atoms with van der Waals surface area (Å²) in [6.45, 7) is 2.26. The number of aromatic nitrogens is 3. The molecule has 0 atom stereocenters. The minimum absolute atomic E-state index is 0.0738. The van der Waals surface area contributed by atoms with Gasteiger partial charge in [0.1, 0.15) is 5.75 Å². The van der Waals surface area contributed by atoms with Gasteiger partial charge in [-0.3, -0.25) is 14.8 Å². The molecule has 8 heteroatoms. The first kappa shape index (κ1) is 20.8. The van der Waals surface area contributed by atoms with E-state index in [1.807, 2.05) is 41.1 Å². The van der Waals surface area contributed by atoms with Crippen molar-refractivity contribution in [2.45, 2.75) is 19.5 Å². The van der Waals surface area contributed by atoms with Gasteiger partial charge in [-0.15, -0.1) is 0 Å². The van der Waals surface area contributed by atoms with Gasteiger partial charge in [0.25, 0.3) is 0 Å². The largest absolute Gasteiger partial charge is 0.496 e. The molecule has 1 saturated heterocycles. The summed E-state index contributed by atoms with van der Waals surface area (Å²) in [6.07, 6.45) is 1.67. The molecule has 1 aliphatic rings. The summed E-state index contributed by atoms with van der Waals surface area (Å²) in [5.41, 5.74) is 1.56. The van der Waals surface area contributed by atoms with E-state index in [-0.39, 0.29) is 11.7 Å². The van der Waals surface area contributed by atoms with E-state index in [1.165, 1.54) is 0 Å². The van der Waals surface area contributed by atoms with Crippen LogP contribution in [-0.4, -0.2) is 45.6 Å². The first-order valence-electron chi connectivity index (χ1n) is 9.87. The highest BCUT2D eigenvalue weighted by Crippen LogP contribution is 2.30. The first-order chi connectivity index (χ1) is 14.5. The van der Waals surface area contributed by atoms with Crippen molar-refractivity contribution in [2.75, 3.05) is 20.2 Å². The zero-order valence-corrected chi connectivity index (χ0v) is 18.2. The minimum atomic E-state index is 0.0738. The number of piperidine rings is 1. The van der Waals surface area contributed by atoms with Crippen molar-refractivity contribution in [1.82, 2.24) is 19.7 Å². The van der Waals surface area contributed by atoms with Gasteiger partial charge >= 0.3 is 0 Å². The second-order valence-corrected chi connectivity index (χ2v) is 8.19. The molecule has 30 heavy (non-hydrogen) atoms. The van der Waals surface area contributed by atoms with Crippen LogP contribution in [0.25, 0.3) is 11.4 Å². The summed E-state index contributed by atoms with van der Waals surface area (Å²) in [6, 6.07) is 14.9. The maximum absolute atomic E-state index is 12.7. The smallest absolute Gasteiger partial charge is 0.217 e. The highest BCUT2D eigenvalue weighted by atomic mass is 35.5. The van der Waals surface area contributed by atoms with Crippen LogP contribution < -0.4 is 4.74 Å². The molecule has 156 valence electrons. The number of nitrogens with zero attached hydrogens (tertiary/aromatic N) is 3. The summed E-state index contributed by atoms with van der Waals surface area (Å²) in [5, 5.41) is 3.86. The van der Waals surface area contributed by atoms with Crippen LogP contribution in [0.2, 0.25) is 5.02 Å². The number of carbonyl (C=O) groups is 1. The molecule has 4 rings (SSSR count). The molecule has 1 fully saturated rings. The maximum Gasteiger partial charge on any atom is 0.217 e. The summed E-state index contributed by atoms with van der Waals surface area (Å²) in [4.78, 5) is 19.4. The fraction of sp³-hybridized carbons (Fsp3) is 0.318. The van der Waals surface area contributed by atoms with Crippen molar-refractivity contribution in [1.29, 1.82) is 0 Å². The van der Waals surface area contributed by atoms with Crippen LogP contribution in [0.1, 0.15) is 23.2 Å². The number of halogens is 1. The lowest BCUT2D eigenvalue weighted by molar-refractivity contribution is 0.0803. The van der Waals surface area contributed by atoms with Gasteiger partial charge in [0.05, 0.1) is 19.3 Å². The number of ketones is 1. The molecule has 0 amide bonds.